The molecule has 0 atom stereocenters. The van der Waals surface area contributed by atoms with E-state index < -0.39 is 11.7 Å². The van der Waals surface area contributed by atoms with Gasteiger partial charge >= 0.3 is 12.1 Å². The molecule has 42 heavy (non-hydrogen) atoms. The lowest BCUT2D eigenvalue weighted by molar-refractivity contribution is -0.139. The molecule has 3 rings (SSSR count). The van der Waals surface area contributed by atoms with E-state index in [0.29, 0.717) is 23.5 Å². The second-order valence-electron chi connectivity index (χ2n) is 11.5. The molecule has 1 aromatic heterocycles. The Kier molecular flexibility index (Phi) is 14.1. The molecule has 0 aliphatic rings. The van der Waals surface area contributed by atoms with E-state index in [1.165, 1.54) is 67.9 Å². The van der Waals surface area contributed by atoms with Gasteiger partial charge in [-0.05, 0) is 73.7 Å². The molecule has 0 aliphatic heterocycles. The molecule has 0 radical (unpaired) electrons. The van der Waals surface area contributed by atoms with Crippen LogP contribution in [0.5, 0.6) is 0 Å². The summed E-state index contributed by atoms with van der Waals surface area (Å²) in [5.74, 6) is -0.298. The Morgan fingerprint density at radius 2 is 1.36 bits per heavy atom. The molecule has 0 fully saturated rings. The lowest BCUT2D eigenvalue weighted by Gasteiger charge is -2.14. The van der Waals surface area contributed by atoms with Gasteiger partial charge in [-0.15, -0.1) is 11.3 Å². The van der Waals surface area contributed by atoms with Gasteiger partial charge in [0.05, 0.1) is 12.2 Å². The highest BCUT2D eigenvalue weighted by atomic mass is 32.1. The lowest BCUT2D eigenvalue weighted by atomic mass is 9.98. The first-order chi connectivity index (χ1) is 20.2. The Morgan fingerprint density at radius 1 is 0.786 bits per heavy atom. The zero-order valence-electron chi connectivity index (χ0n) is 25.4. The maximum Gasteiger partial charge on any atom is 0.417 e. The SMILES string of the molecule is C=C(C)C(=O)OCCCCCCCCCCCCc1ccc2cc(-c3ccc(CCCCC)cc3C(F)(F)F)sc2c1. The van der Waals surface area contributed by atoms with Crippen LogP contribution in [0, 0.1) is 0 Å². The maximum atomic E-state index is 14.0. The smallest absolute Gasteiger partial charge is 0.417 e. The van der Waals surface area contributed by atoms with Crippen molar-refractivity contribution < 1.29 is 22.7 Å². The van der Waals surface area contributed by atoms with E-state index in [-0.39, 0.29) is 11.5 Å². The number of alkyl halides is 3. The monoisotopic (exact) mass is 600 g/mol. The van der Waals surface area contributed by atoms with Crippen molar-refractivity contribution in [3.05, 3.63) is 71.3 Å². The van der Waals surface area contributed by atoms with Crippen LogP contribution in [-0.4, -0.2) is 12.6 Å². The normalized spacial score (nSPS) is 11.7. The molecule has 0 bridgehead atoms. The zero-order valence-corrected chi connectivity index (χ0v) is 26.2. The van der Waals surface area contributed by atoms with E-state index >= 15 is 0 Å². The molecule has 0 saturated carbocycles. The number of aryl methyl sites for hydroxylation is 2. The maximum absolute atomic E-state index is 14.0. The van der Waals surface area contributed by atoms with Crippen LogP contribution in [0.15, 0.2) is 54.6 Å². The molecule has 0 aliphatic carbocycles. The summed E-state index contributed by atoms with van der Waals surface area (Å²) in [6.07, 6.45) is 12.0. The molecule has 0 N–H and O–H groups in total. The molecule has 0 amide bonds. The number of fused-ring (bicyclic) bond motifs is 1. The van der Waals surface area contributed by atoms with E-state index in [1.807, 2.05) is 12.1 Å². The highest BCUT2D eigenvalue weighted by molar-refractivity contribution is 7.22. The van der Waals surface area contributed by atoms with Crippen LogP contribution in [0.3, 0.4) is 0 Å². The number of carbonyl (C=O) groups is 1. The number of ether oxygens (including phenoxy) is 1. The molecule has 0 unspecified atom stereocenters. The number of carbonyl (C=O) groups excluding carboxylic acids is 1. The Balaban J connectivity index is 1.40. The third kappa shape index (κ3) is 11.2. The summed E-state index contributed by atoms with van der Waals surface area (Å²) >= 11 is 1.46. The highest BCUT2D eigenvalue weighted by Gasteiger charge is 2.34. The first kappa shape index (κ1) is 33.9. The molecule has 0 saturated heterocycles. The summed E-state index contributed by atoms with van der Waals surface area (Å²) < 4.78 is 48.2. The zero-order chi connectivity index (χ0) is 30.4. The number of unbranched alkanes of at least 4 members (excludes halogenated alkanes) is 11. The largest absolute Gasteiger partial charge is 0.462 e. The summed E-state index contributed by atoms with van der Waals surface area (Å²) in [6.45, 7) is 7.83. The first-order valence-electron chi connectivity index (χ1n) is 15.7. The number of rotatable bonds is 19. The number of esters is 1. The van der Waals surface area contributed by atoms with Crippen LogP contribution < -0.4 is 0 Å². The van der Waals surface area contributed by atoms with Crippen molar-refractivity contribution in [3.8, 4) is 10.4 Å². The van der Waals surface area contributed by atoms with Gasteiger partial charge in [0.15, 0.2) is 0 Å². The van der Waals surface area contributed by atoms with Gasteiger partial charge in [-0.2, -0.15) is 13.2 Å². The molecule has 6 heteroatoms. The third-order valence-corrected chi connectivity index (χ3v) is 8.88. The summed E-state index contributed by atoms with van der Waals surface area (Å²) in [5, 5.41) is 1.01. The van der Waals surface area contributed by atoms with E-state index in [1.54, 1.807) is 13.0 Å². The second-order valence-corrected chi connectivity index (χ2v) is 12.6. The highest BCUT2D eigenvalue weighted by Crippen LogP contribution is 2.42. The summed E-state index contributed by atoms with van der Waals surface area (Å²) in [6, 6.07) is 13.1. The van der Waals surface area contributed by atoms with Crippen LogP contribution >= 0.6 is 11.3 Å². The molecule has 0 spiro atoms. The number of hydrogen-bond acceptors (Lipinski definition) is 3. The van der Waals surface area contributed by atoms with Gasteiger partial charge in [0.25, 0.3) is 0 Å². The van der Waals surface area contributed by atoms with Gasteiger partial charge in [0, 0.05) is 20.7 Å². The van der Waals surface area contributed by atoms with Gasteiger partial charge in [-0.1, -0.05) is 102 Å². The van der Waals surface area contributed by atoms with Crippen molar-refractivity contribution in [2.45, 2.75) is 116 Å². The van der Waals surface area contributed by atoms with E-state index in [9.17, 15) is 18.0 Å². The minimum atomic E-state index is -4.37. The fourth-order valence-corrected chi connectivity index (χ4v) is 6.44. The molecule has 2 aromatic carbocycles. The van der Waals surface area contributed by atoms with Crippen molar-refractivity contribution >= 4 is 27.4 Å². The van der Waals surface area contributed by atoms with E-state index in [0.717, 1.165) is 60.6 Å². The van der Waals surface area contributed by atoms with E-state index in [2.05, 4.69) is 31.7 Å². The number of benzene rings is 2. The quantitative estimate of drug-likeness (QED) is 0.0777. The van der Waals surface area contributed by atoms with Crippen LogP contribution in [0.2, 0.25) is 0 Å². The van der Waals surface area contributed by atoms with Gasteiger partial charge in [0.2, 0.25) is 0 Å². The van der Waals surface area contributed by atoms with Gasteiger partial charge in [-0.25, -0.2) is 4.79 Å². The molecular formula is C36H47F3O2S. The van der Waals surface area contributed by atoms with Crippen LogP contribution in [0.4, 0.5) is 13.2 Å². The Morgan fingerprint density at radius 3 is 1.98 bits per heavy atom. The Bertz CT molecular complexity index is 1270. The van der Waals surface area contributed by atoms with Crippen LogP contribution in [-0.2, 0) is 28.5 Å². The average molecular weight is 601 g/mol. The van der Waals surface area contributed by atoms with Crippen molar-refractivity contribution in [1.82, 2.24) is 0 Å². The minimum absolute atomic E-state index is 0.286. The number of hydrogen-bond donors (Lipinski definition) is 0. The van der Waals surface area contributed by atoms with Crippen LogP contribution in [0.25, 0.3) is 20.5 Å². The van der Waals surface area contributed by atoms with Crippen molar-refractivity contribution in [2.24, 2.45) is 0 Å². The van der Waals surface area contributed by atoms with Gasteiger partial charge in [-0.3, -0.25) is 0 Å². The van der Waals surface area contributed by atoms with Gasteiger partial charge < -0.3 is 4.74 Å². The fourth-order valence-electron chi connectivity index (χ4n) is 5.27. The predicted octanol–water partition coefficient (Wildman–Crippen LogP) is 11.9. The Labute approximate surface area is 254 Å². The first-order valence-corrected chi connectivity index (χ1v) is 16.6. The fraction of sp³-hybridized carbons (Fsp3) is 0.528. The topological polar surface area (TPSA) is 26.3 Å². The van der Waals surface area contributed by atoms with Crippen molar-refractivity contribution in [1.29, 1.82) is 0 Å². The van der Waals surface area contributed by atoms with Gasteiger partial charge in [0.1, 0.15) is 0 Å². The number of halogens is 3. The van der Waals surface area contributed by atoms with Crippen molar-refractivity contribution in [2.75, 3.05) is 6.61 Å². The minimum Gasteiger partial charge on any atom is -0.462 e. The summed E-state index contributed by atoms with van der Waals surface area (Å²) in [7, 11) is 0. The summed E-state index contributed by atoms with van der Waals surface area (Å²) in [4.78, 5) is 12.0. The molecular weight excluding hydrogens is 553 g/mol. The summed E-state index contributed by atoms with van der Waals surface area (Å²) in [5.41, 5.74) is 2.23. The molecule has 230 valence electrons. The molecule has 1 heterocycles. The molecule has 3 aromatic rings. The molecule has 2 nitrogen and oxygen atoms in total. The third-order valence-electron chi connectivity index (χ3n) is 7.75. The Hall–Kier alpha value is -2.60. The van der Waals surface area contributed by atoms with E-state index in [4.69, 9.17) is 4.74 Å². The number of thiophene rings is 1. The average Bonchev–Trinajstić information content (AvgIpc) is 3.38. The standard InChI is InChI=1S/C36H47F3O2S/c1-4-5-14-17-28-20-22-31(32(24-28)36(37,38)39)34-26-30-21-19-29(25-33(30)42-34)18-15-12-10-8-6-7-9-11-13-16-23-41-35(40)27(2)3/h19-22,24-26H,2,4-18,23H2,1,3H3. The van der Waals surface area contributed by atoms with Crippen LogP contribution in [0.1, 0.15) is 114 Å². The second kappa shape index (κ2) is 17.5. The van der Waals surface area contributed by atoms with Crippen molar-refractivity contribution in [3.63, 3.8) is 0 Å². The lowest BCUT2D eigenvalue weighted by Crippen LogP contribution is -2.07. The predicted molar refractivity (Wildman–Crippen MR) is 171 cm³/mol.